The Kier molecular flexibility index (Phi) is 7.95. The van der Waals surface area contributed by atoms with Crippen molar-refractivity contribution in [2.24, 2.45) is 0 Å². The fraction of sp³-hybridized carbons (Fsp3) is 0.647. The van der Waals surface area contributed by atoms with E-state index in [-0.39, 0.29) is 0 Å². The topological polar surface area (TPSA) is 48.7 Å². The molecular weight excluding hydrogens is 316 g/mol. The highest BCUT2D eigenvalue weighted by molar-refractivity contribution is 6.32. The highest BCUT2D eigenvalue weighted by Crippen LogP contribution is 2.36. The van der Waals surface area contributed by atoms with Gasteiger partial charge in [-0.1, -0.05) is 11.6 Å². The first kappa shape index (κ1) is 18.3. The monoisotopic (exact) mass is 344 g/mol. The summed E-state index contributed by atoms with van der Waals surface area (Å²) < 4.78 is 16.3. The van der Waals surface area contributed by atoms with E-state index in [0.29, 0.717) is 23.1 Å². The number of halogens is 1. The maximum Gasteiger partial charge on any atom is 0.179 e. The lowest BCUT2D eigenvalue weighted by atomic mass is 10.2. The van der Waals surface area contributed by atoms with Crippen molar-refractivity contribution in [2.75, 3.05) is 53.1 Å². The van der Waals surface area contributed by atoms with Gasteiger partial charge < -0.3 is 24.4 Å². The molecule has 0 radical (unpaired) electrons. The van der Waals surface area contributed by atoms with Crippen LogP contribution in [-0.2, 0) is 11.3 Å². The molecule has 0 aromatic heterocycles. The maximum absolute atomic E-state index is 6.30. The van der Waals surface area contributed by atoms with Crippen LogP contribution in [0.25, 0.3) is 0 Å². The molecule has 0 aliphatic carbocycles. The molecule has 23 heavy (non-hydrogen) atoms. The molecular formula is C17H29ClN2O3+2. The predicted octanol–water partition coefficient (Wildman–Crippen LogP) is 0.116. The molecule has 0 spiro atoms. The number of rotatable bonds is 9. The second-order valence-corrected chi connectivity index (χ2v) is 6.20. The third-order valence-corrected chi connectivity index (χ3v) is 4.38. The average Bonchev–Trinajstić information content (AvgIpc) is 2.57. The predicted molar refractivity (Wildman–Crippen MR) is 90.7 cm³/mol. The molecule has 6 heteroatoms. The second kappa shape index (κ2) is 9.98. The lowest BCUT2D eigenvalue weighted by Gasteiger charge is -2.23. The molecule has 3 N–H and O–H groups in total. The van der Waals surface area contributed by atoms with Crippen molar-refractivity contribution in [3.05, 3.63) is 22.7 Å². The van der Waals surface area contributed by atoms with Crippen molar-refractivity contribution in [3.8, 4) is 11.5 Å². The van der Waals surface area contributed by atoms with Crippen molar-refractivity contribution < 1.29 is 24.4 Å². The van der Waals surface area contributed by atoms with Crippen LogP contribution in [0.1, 0.15) is 18.9 Å². The number of benzene rings is 1. The van der Waals surface area contributed by atoms with E-state index in [1.165, 1.54) is 13.0 Å². The van der Waals surface area contributed by atoms with Crippen molar-refractivity contribution >= 4 is 11.6 Å². The number of ether oxygens (including phenoxy) is 3. The number of hydrogen-bond acceptors (Lipinski definition) is 3. The Morgan fingerprint density at radius 2 is 2.09 bits per heavy atom. The molecule has 5 nitrogen and oxygen atoms in total. The van der Waals surface area contributed by atoms with Gasteiger partial charge in [-0.05, 0) is 19.1 Å². The molecule has 0 unspecified atom stereocenters. The van der Waals surface area contributed by atoms with Crippen molar-refractivity contribution in [2.45, 2.75) is 19.9 Å². The SMILES string of the molecule is CCOc1c(Cl)cc(C[NH2+]CCC[NH+]2CCOCC2)cc1OC. The summed E-state index contributed by atoms with van der Waals surface area (Å²) in [5, 5.41) is 2.94. The Morgan fingerprint density at radius 3 is 2.78 bits per heavy atom. The number of nitrogens with one attached hydrogen (secondary N) is 1. The summed E-state index contributed by atoms with van der Waals surface area (Å²) in [6.45, 7) is 9.87. The molecule has 1 aromatic rings. The first-order valence-corrected chi connectivity index (χ1v) is 8.84. The van der Waals surface area contributed by atoms with Crippen LogP contribution in [0, 0.1) is 0 Å². The summed E-state index contributed by atoms with van der Waals surface area (Å²) in [7, 11) is 1.65. The van der Waals surface area contributed by atoms with Crippen molar-refractivity contribution in [3.63, 3.8) is 0 Å². The van der Waals surface area contributed by atoms with E-state index in [4.69, 9.17) is 25.8 Å². The number of methoxy groups -OCH3 is 1. The van der Waals surface area contributed by atoms with Crippen LogP contribution < -0.4 is 19.7 Å². The second-order valence-electron chi connectivity index (χ2n) is 5.79. The van der Waals surface area contributed by atoms with Crippen molar-refractivity contribution in [1.29, 1.82) is 0 Å². The molecule has 0 bridgehead atoms. The lowest BCUT2D eigenvalue weighted by molar-refractivity contribution is -0.909. The quantitative estimate of drug-likeness (QED) is 0.625. The number of nitrogens with two attached hydrogens (primary N) is 1. The fourth-order valence-corrected chi connectivity index (χ4v) is 3.14. The minimum atomic E-state index is 0.575. The number of hydrogen-bond donors (Lipinski definition) is 2. The molecule has 2 rings (SSSR count). The van der Waals surface area contributed by atoms with Gasteiger partial charge >= 0.3 is 0 Å². The smallest absolute Gasteiger partial charge is 0.179 e. The van der Waals surface area contributed by atoms with Gasteiger partial charge in [0.1, 0.15) is 19.6 Å². The number of morpholine rings is 1. The Balaban J connectivity index is 1.75. The molecule has 1 aromatic carbocycles. The fourth-order valence-electron chi connectivity index (χ4n) is 2.85. The molecule has 130 valence electrons. The summed E-state index contributed by atoms with van der Waals surface area (Å²) in [4.78, 5) is 1.66. The van der Waals surface area contributed by atoms with Gasteiger partial charge in [-0.25, -0.2) is 0 Å². The zero-order valence-electron chi connectivity index (χ0n) is 14.2. The van der Waals surface area contributed by atoms with Crippen LogP contribution >= 0.6 is 11.6 Å². The Morgan fingerprint density at radius 1 is 1.30 bits per heavy atom. The summed E-state index contributed by atoms with van der Waals surface area (Å²) in [6, 6.07) is 3.99. The minimum Gasteiger partial charge on any atom is -0.493 e. The van der Waals surface area contributed by atoms with Gasteiger partial charge in [0, 0.05) is 12.0 Å². The first-order valence-electron chi connectivity index (χ1n) is 8.46. The highest BCUT2D eigenvalue weighted by Gasteiger charge is 2.14. The van der Waals surface area contributed by atoms with Crippen LogP contribution in [-0.4, -0.2) is 53.1 Å². The molecule has 1 heterocycles. The molecule has 0 saturated carbocycles. The van der Waals surface area contributed by atoms with Gasteiger partial charge in [-0.3, -0.25) is 0 Å². The summed E-state index contributed by atoms with van der Waals surface area (Å²) in [5.74, 6) is 1.34. The van der Waals surface area contributed by atoms with Gasteiger partial charge in [0.2, 0.25) is 0 Å². The standard InChI is InChI=1S/C17H27ClN2O3/c1-3-23-17-15(18)11-14(12-16(17)21-2)13-19-5-4-6-20-7-9-22-10-8-20/h11-12,19H,3-10,13H2,1-2H3/p+2. The van der Waals surface area contributed by atoms with Crippen LogP contribution in [0.2, 0.25) is 5.02 Å². The van der Waals surface area contributed by atoms with Gasteiger partial charge in [0.15, 0.2) is 11.5 Å². The summed E-state index contributed by atoms with van der Waals surface area (Å²) >= 11 is 6.30. The van der Waals surface area contributed by atoms with Gasteiger partial charge in [0.25, 0.3) is 0 Å². The normalized spacial score (nSPS) is 15.6. The van der Waals surface area contributed by atoms with E-state index in [1.54, 1.807) is 12.0 Å². The van der Waals surface area contributed by atoms with Gasteiger partial charge in [-0.2, -0.15) is 0 Å². The van der Waals surface area contributed by atoms with Crippen LogP contribution in [0.4, 0.5) is 0 Å². The van der Waals surface area contributed by atoms with E-state index in [2.05, 4.69) is 5.32 Å². The largest absolute Gasteiger partial charge is 0.493 e. The highest BCUT2D eigenvalue weighted by atomic mass is 35.5. The van der Waals surface area contributed by atoms with E-state index in [1.807, 2.05) is 19.1 Å². The Labute approximate surface area is 143 Å². The van der Waals surface area contributed by atoms with Gasteiger partial charge in [-0.15, -0.1) is 0 Å². The molecule has 1 aliphatic rings. The van der Waals surface area contributed by atoms with Gasteiger partial charge in [0.05, 0.1) is 45.0 Å². The number of quaternary nitrogens is 2. The van der Waals surface area contributed by atoms with Crippen LogP contribution in [0.15, 0.2) is 12.1 Å². The van der Waals surface area contributed by atoms with Crippen LogP contribution in [0.5, 0.6) is 11.5 Å². The zero-order valence-corrected chi connectivity index (χ0v) is 15.0. The summed E-state index contributed by atoms with van der Waals surface area (Å²) in [6.07, 6.45) is 1.22. The van der Waals surface area contributed by atoms with E-state index in [9.17, 15) is 0 Å². The van der Waals surface area contributed by atoms with Crippen molar-refractivity contribution in [1.82, 2.24) is 0 Å². The Bertz CT molecular complexity index is 479. The first-order chi connectivity index (χ1) is 11.2. The minimum absolute atomic E-state index is 0.575. The lowest BCUT2D eigenvalue weighted by Crippen LogP contribution is -3.14. The molecule has 1 saturated heterocycles. The Hall–Kier alpha value is -1.01. The molecule has 1 aliphatic heterocycles. The maximum atomic E-state index is 6.30. The molecule has 0 atom stereocenters. The zero-order chi connectivity index (χ0) is 16.5. The molecule has 1 fully saturated rings. The summed E-state index contributed by atoms with van der Waals surface area (Å²) in [5.41, 5.74) is 1.16. The van der Waals surface area contributed by atoms with E-state index >= 15 is 0 Å². The molecule has 0 amide bonds. The van der Waals surface area contributed by atoms with Crippen LogP contribution in [0.3, 0.4) is 0 Å². The third-order valence-electron chi connectivity index (χ3n) is 4.10. The van der Waals surface area contributed by atoms with E-state index < -0.39 is 0 Å². The third kappa shape index (κ3) is 5.84. The van der Waals surface area contributed by atoms with E-state index in [0.717, 1.165) is 45.0 Å². The average molecular weight is 345 g/mol.